The molecular formula is C19H22N6O. The second-order valence-corrected chi connectivity index (χ2v) is 7.67. The zero-order valence-corrected chi connectivity index (χ0v) is 15.2. The maximum atomic E-state index is 12.7. The molecule has 7 nitrogen and oxygen atoms in total. The summed E-state index contributed by atoms with van der Waals surface area (Å²) in [5, 5.41) is 15.7. The maximum absolute atomic E-state index is 12.7. The Morgan fingerprint density at radius 1 is 1.19 bits per heavy atom. The molecule has 7 heteroatoms. The van der Waals surface area contributed by atoms with Crippen LogP contribution in [-0.4, -0.2) is 30.9 Å². The Hall–Kier alpha value is -2.83. The van der Waals surface area contributed by atoms with Crippen molar-refractivity contribution in [3.63, 3.8) is 0 Å². The number of nitrogens with one attached hydrogen (secondary N) is 1. The first-order chi connectivity index (χ1) is 12.4. The van der Waals surface area contributed by atoms with E-state index in [1.165, 1.54) is 5.69 Å². The zero-order chi connectivity index (χ0) is 18.3. The van der Waals surface area contributed by atoms with Crippen molar-refractivity contribution in [2.75, 3.05) is 0 Å². The molecule has 1 aliphatic rings. The Morgan fingerprint density at radius 2 is 1.96 bits per heavy atom. The molecule has 0 bridgehead atoms. The normalized spacial score (nSPS) is 17.1. The molecule has 1 amide bonds. The van der Waals surface area contributed by atoms with Gasteiger partial charge in [0.2, 0.25) is 5.82 Å². The predicted molar refractivity (Wildman–Crippen MR) is 97.7 cm³/mol. The van der Waals surface area contributed by atoms with Crippen LogP contribution in [0.5, 0.6) is 0 Å². The lowest BCUT2D eigenvalue weighted by Gasteiger charge is -2.28. The fourth-order valence-electron chi connectivity index (χ4n) is 3.48. The minimum atomic E-state index is -0.301. The highest BCUT2D eigenvalue weighted by molar-refractivity contribution is 5.92. The summed E-state index contributed by atoms with van der Waals surface area (Å²) >= 11 is 0. The molecule has 0 spiro atoms. The van der Waals surface area contributed by atoms with Crippen molar-refractivity contribution >= 4 is 16.9 Å². The van der Waals surface area contributed by atoms with Gasteiger partial charge in [0.1, 0.15) is 5.52 Å². The van der Waals surface area contributed by atoms with E-state index in [0.29, 0.717) is 11.0 Å². The van der Waals surface area contributed by atoms with Crippen LogP contribution >= 0.6 is 0 Å². The molecule has 134 valence electrons. The largest absolute Gasteiger partial charge is 0.342 e. The summed E-state index contributed by atoms with van der Waals surface area (Å²) in [7, 11) is 0. The van der Waals surface area contributed by atoms with Crippen LogP contribution in [0.3, 0.4) is 0 Å². The van der Waals surface area contributed by atoms with E-state index >= 15 is 0 Å². The lowest BCUT2D eigenvalue weighted by Crippen LogP contribution is -2.33. The molecule has 3 aromatic rings. The first-order valence-corrected chi connectivity index (χ1v) is 8.91. The summed E-state index contributed by atoms with van der Waals surface area (Å²) in [5.74, 6) is -0.205. The van der Waals surface area contributed by atoms with Gasteiger partial charge >= 0.3 is 0 Å². The van der Waals surface area contributed by atoms with E-state index in [1.54, 1.807) is 0 Å². The number of rotatable bonds is 2. The monoisotopic (exact) mass is 350 g/mol. The van der Waals surface area contributed by atoms with Crippen molar-refractivity contribution < 1.29 is 4.79 Å². The molecule has 0 unspecified atom stereocenters. The molecule has 0 aliphatic heterocycles. The number of nitrogens with zero attached hydrogens (tertiary/aromatic N) is 5. The minimum Gasteiger partial charge on any atom is -0.342 e. The number of amides is 1. The molecule has 0 radical (unpaired) electrons. The predicted octanol–water partition coefficient (Wildman–Crippen LogP) is 2.78. The second-order valence-electron chi connectivity index (χ2n) is 7.67. The van der Waals surface area contributed by atoms with Gasteiger partial charge in [-0.25, -0.2) is 4.98 Å². The van der Waals surface area contributed by atoms with E-state index in [-0.39, 0.29) is 23.3 Å². The molecule has 1 aromatic carbocycles. The number of benzene rings is 1. The maximum Gasteiger partial charge on any atom is 0.291 e. The van der Waals surface area contributed by atoms with Crippen molar-refractivity contribution in [1.82, 2.24) is 30.3 Å². The Bertz CT molecular complexity index is 972. The van der Waals surface area contributed by atoms with Gasteiger partial charge in [0.05, 0.1) is 23.3 Å². The topological polar surface area (TPSA) is 85.6 Å². The van der Waals surface area contributed by atoms with Crippen molar-refractivity contribution in [3.8, 4) is 0 Å². The summed E-state index contributed by atoms with van der Waals surface area (Å²) in [5.41, 5.74) is 3.55. The quantitative estimate of drug-likeness (QED) is 0.768. The molecule has 1 aliphatic carbocycles. The third kappa shape index (κ3) is 2.94. The number of aromatic nitrogens is 5. The lowest BCUT2D eigenvalue weighted by atomic mass is 9.92. The summed E-state index contributed by atoms with van der Waals surface area (Å²) in [6, 6.07) is 7.32. The SMILES string of the molecule is CC(C)(C)n1ncc2c1CCC[C@@H]2NC(=O)c1nnc2ccccc2n1. The molecule has 1 N–H and O–H groups in total. The molecule has 2 aromatic heterocycles. The fraction of sp³-hybridized carbons (Fsp3) is 0.421. The average molecular weight is 350 g/mol. The third-order valence-corrected chi connectivity index (χ3v) is 4.69. The molecule has 4 rings (SSSR count). The Morgan fingerprint density at radius 3 is 2.73 bits per heavy atom. The standard InChI is InChI=1S/C19H22N6O/c1-19(2,3)25-16-10-6-9-13(12(16)11-20-25)22-18(26)17-21-14-7-4-5-8-15(14)23-24-17/h4-5,7-8,11,13H,6,9-10H2,1-3H3,(H,22,26)/t13-/m0/s1. The highest BCUT2D eigenvalue weighted by Crippen LogP contribution is 2.32. The van der Waals surface area contributed by atoms with E-state index < -0.39 is 0 Å². The van der Waals surface area contributed by atoms with E-state index in [0.717, 1.165) is 24.8 Å². The van der Waals surface area contributed by atoms with Crippen LogP contribution in [0.15, 0.2) is 30.5 Å². The van der Waals surface area contributed by atoms with Crippen molar-refractivity contribution in [2.45, 2.75) is 51.6 Å². The van der Waals surface area contributed by atoms with Gasteiger partial charge in [0.25, 0.3) is 5.91 Å². The highest BCUT2D eigenvalue weighted by atomic mass is 16.2. The molecule has 0 saturated carbocycles. The number of carbonyl (C=O) groups excluding carboxylic acids is 1. The van der Waals surface area contributed by atoms with Gasteiger partial charge in [-0.3, -0.25) is 9.48 Å². The van der Waals surface area contributed by atoms with E-state index in [2.05, 4.69) is 51.0 Å². The fourth-order valence-corrected chi connectivity index (χ4v) is 3.48. The second kappa shape index (κ2) is 6.16. The third-order valence-electron chi connectivity index (χ3n) is 4.69. The van der Waals surface area contributed by atoms with E-state index in [9.17, 15) is 4.79 Å². The molecule has 0 fully saturated rings. The summed E-state index contributed by atoms with van der Waals surface area (Å²) in [6.45, 7) is 6.41. The van der Waals surface area contributed by atoms with Crippen molar-refractivity contribution in [3.05, 3.63) is 47.5 Å². The molecule has 2 heterocycles. The number of carbonyl (C=O) groups is 1. The molecule has 1 atom stereocenters. The van der Waals surface area contributed by atoms with Gasteiger partial charge in [-0.2, -0.15) is 5.10 Å². The Kier molecular flexibility index (Phi) is 3.94. The minimum absolute atomic E-state index is 0.0718. The van der Waals surface area contributed by atoms with Gasteiger partial charge < -0.3 is 5.32 Å². The van der Waals surface area contributed by atoms with Crippen LogP contribution in [0.4, 0.5) is 0 Å². The molecule has 26 heavy (non-hydrogen) atoms. The van der Waals surface area contributed by atoms with Crippen LogP contribution in [0.1, 0.15) is 61.5 Å². The summed E-state index contributed by atoms with van der Waals surface area (Å²) in [6.07, 6.45) is 4.75. The average Bonchev–Trinajstić information content (AvgIpc) is 3.07. The Balaban J connectivity index is 1.60. The smallest absolute Gasteiger partial charge is 0.291 e. The Labute approximate surface area is 151 Å². The van der Waals surface area contributed by atoms with E-state index in [4.69, 9.17) is 0 Å². The first-order valence-electron chi connectivity index (χ1n) is 8.91. The van der Waals surface area contributed by atoms with Gasteiger partial charge in [0, 0.05) is 11.3 Å². The van der Waals surface area contributed by atoms with Gasteiger partial charge in [0.15, 0.2) is 0 Å². The van der Waals surface area contributed by atoms with Crippen LogP contribution < -0.4 is 5.32 Å². The van der Waals surface area contributed by atoms with Crippen molar-refractivity contribution in [1.29, 1.82) is 0 Å². The van der Waals surface area contributed by atoms with Crippen LogP contribution in [-0.2, 0) is 12.0 Å². The highest BCUT2D eigenvalue weighted by Gasteiger charge is 2.29. The van der Waals surface area contributed by atoms with Crippen LogP contribution in [0, 0.1) is 0 Å². The number of hydrogen-bond donors (Lipinski definition) is 1. The van der Waals surface area contributed by atoms with Gasteiger partial charge in [-0.05, 0) is 52.2 Å². The first kappa shape index (κ1) is 16.6. The molecule has 0 saturated heterocycles. The van der Waals surface area contributed by atoms with E-state index in [1.807, 2.05) is 30.5 Å². The zero-order valence-electron chi connectivity index (χ0n) is 15.2. The summed E-state index contributed by atoms with van der Waals surface area (Å²) < 4.78 is 2.06. The number of hydrogen-bond acceptors (Lipinski definition) is 5. The van der Waals surface area contributed by atoms with Crippen molar-refractivity contribution in [2.24, 2.45) is 0 Å². The lowest BCUT2D eigenvalue weighted by molar-refractivity contribution is 0.0921. The van der Waals surface area contributed by atoms with Gasteiger partial charge in [-0.1, -0.05) is 12.1 Å². The van der Waals surface area contributed by atoms with Gasteiger partial charge in [-0.15, -0.1) is 10.2 Å². The number of fused-ring (bicyclic) bond motifs is 2. The number of para-hydroxylation sites is 1. The van der Waals surface area contributed by atoms with Crippen LogP contribution in [0.2, 0.25) is 0 Å². The summed E-state index contributed by atoms with van der Waals surface area (Å²) in [4.78, 5) is 17.0. The molecular weight excluding hydrogens is 328 g/mol. The van der Waals surface area contributed by atoms with Crippen LogP contribution in [0.25, 0.3) is 11.0 Å².